The van der Waals surface area contributed by atoms with Crippen LogP contribution in [0, 0.1) is 0 Å². The van der Waals surface area contributed by atoms with Crippen LogP contribution in [0.5, 0.6) is 0 Å². The van der Waals surface area contributed by atoms with Crippen LogP contribution >= 0.6 is 0 Å². The van der Waals surface area contributed by atoms with Gasteiger partial charge < -0.3 is 15.0 Å². The van der Waals surface area contributed by atoms with Crippen molar-refractivity contribution in [1.82, 2.24) is 4.57 Å². The molecule has 1 atom stereocenters. The number of aromatic nitrogens is 1. The van der Waals surface area contributed by atoms with Gasteiger partial charge in [0.25, 0.3) is 0 Å². The number of rotatable bonds is 4. The number of fused-ring (bicyclic) bond motifs is 3. The van der Waals surface area contributed by atoms with E-state index in [-0.39, 0.29) is 12.0 Å². The summed E-state index contributed by atoms with van der Waals surface area (Å²) in [4.78, 5) is 12.0. The average molecular weight is 286 g/mol. The maximum Gasteiger partial charge on any atom is 0.310 e. The molecule has 1 aliphatic rings. The Kier molecular flexibility index (Phi) is 3.97. The van der Waals surface area contributed by atoms with Gasteiger partial charge in [0, 0.05) is 29.2 Å². The molecule has 2 heterocycles. The molecule has 21 heavy (non-hydrogen) atoms. The van der Waals surface area contributed by atoms with Crippen LogP contribution in [0.3, 0.4) is 0 Å². The van der Waals surface area contributed by atoms with Gasteiger partial charge in [0.2, 0.25) is 0 Å². The highest BCUT2D eigenvalue weighted by molar-refractivity contribution is 5.89. The van der Waals surface area contributed by atoms with Gasteiger partial charge >= 0.3 is 5.97 Å². The molecule has 4 nitrogen and oxygen atoms in total. The van der Waals surface area contributed by atoms with Crippen molar-refractivity contribution in [2.75, 3.05) is 6.61 Å². The minimum Gasteiger partial charge on any atom is -0.465 e. The number of esters is 1. The van der Waals surface area contributed by atoms with E-state index in [1.807, 2.05) is 19.1 Å². The van der Waals surface area contributed by atoms with Crippen LogP contribution in [0.2, 0.25) is 0 Å². The standard InChI is InChI=1S/C17H22N2O2/c1-2-9-21-17(20)10-14-13-5-3-4-6-15(13)19-11-12(18)7-8-16(14)19/h3-6,12H,2,7-11,18H2,1H3/t12-/m0/s1. The zero-order valence-electron chi connectivity index (χ0n) is 12.5. The van der Waals surface area contributed by atoms with Crippen LogP contribution in [0.4, 0.5) is 0 Å². The average Bonchev–Trinajstić information content (AvgIpc) is 2.79. The molecule has 0 spiro atoms. The normalized spacial score (nSPS) is 17.7. The smallest absolute Gasteiger partial charge is 0.310 e. The van der Waals surface area contributed by atoms with Crippen molar-refractivity contribution in [3.05, 3.63) is 35.5 Å². The lowest BCUT2D eigenvalue weighted by Gasteiger charge is -2.23. The second-order valence-corrected chi connectivity index (χ2v) is 5.75. The predicted octanol–water partition coefficient (Wildman–Crippen LogP) is 2.41. The Labute approximate surface area is 124 Å². The zero-order chi connectivity index (χ0) is 14.8. The van der Waals surface area contributed by atoms with Crippen LogP contribution in [-0.4, -0.2) is 23.2 Å². The topological polar surface area (TPSA) is 57.2 Å². The minimum atomic E-state index is -0.133. The third kappa shape index (κ3) is 2.68. The number of hydrogen-bond acceptors (Lipinski definition) is 3. The molecule has 0 saturated heterocycles. The van der Waals surface area contributed by atoms with E-state index in [0.29, 0.717) is 13.0 Å². The maximum atomic E-state index is 12.0. The highest BCUT2D eigenvalue weighted by Gasteiger charge is 2.24. The summed E-state index contributed by atoms with van der Waals surface area (Å²) in [5.41, 5.74) is 9.67. The van der Waals surface area contributed by atoms with E-state index in [9.17, 15) is 4.79 Å². The van der Waals surface area contributed by atoms with Gasteiger partial charge in [-0.05, 0) is 30.9 Å². The first kappa shape index (κ1) is 14.1. The number of nitrogens with zero attached hydrogens (tertiary/aromatic N) is 1. The quantitative estimate of drug-likeness (QED) is 0.878. The fourth-order valence-corrected chi connectivity index (χ4v) is 3.18. The van der Waals surface area contributed by atoms with Crippen molar-refractivity contribution in [1.29, 1.82) is 0 Å². The van der Waals surface area contributed by atoms with E-state index in [1.54, 1.807) is 0 Å². The first-order valence-corrected chi connectivity index (χ1v) is 7.71. The lowest BCUT2D eigenvalue weighted by Crippen LogP contribution is -2.32. The Bertz CT molecular complexity index is 660. The summed E-state index contributed by atoms with van der Waals surface area (Å²) >= 11 is 0. The van der Waals surface area contributed by atoms with E-state index in [1.165, 1.54) is 11.2 Å². The molecule has 0 radical (unpaired) electrons. The molecule has 0 amide bonds. The molecule has 0 unspecified atom stereocenters. The second kappa shape index (κ2) is 5.90. The van der Waals surface area contributed by atoms with Gasteiger partial charge in [0.15, 0.2) is 0 Å². The van der Waals surface area contributed by atoms with Crippen LogP contribution in [-0.2, 0) is 28.9 Å². The molecule has 1 aliphatic heterocycles. The van der Waals surface area contributed by atoms with E-state index < -0.39 is 0 Å². The van der Waals surface area contributed by atoms with Gasteiger partial charge in [0.05, 0.1) is 13.0 Å². The van der Waals surface area contributed by atoms with Gasteiger partial charge in [-0.15, -0.1) is 0 Å². The largest absolute Gasteiger partial charge is 0.465 e. The molecule has 1 aromatic carbocycles. The third-order valence-electron chi connectivity index (χ3n) is 4.15. The molecular formula is C17H22N2O2. The number of carbonyl (C=O) groups excluding carboxylic acids is 1. The zero-order valence-corrected chi connectivity index (χ0v) is 12.5. The van der Waals surface area contributed by atoms with Crippen molar-refractivity contribution in [2.45, 2.75) is 45.2 Å². The van der Waals surface area contributed by atoms with Crippen LogP contribution < -0.4 is 5.73 Å². The van der Waals surface area contributed by atoms with Crippen molar-refractivity contribution < 1.29 is 9.53 Å². The lowest BCUT2D eigenvalue weighted by atomic mass is 10.0. The van der Waals surface area contributed by atoms with Gasteiger partial charge in [-0.3, -0.25) is 4.79 Å². The summed E-state index contributed by atoms with van der Waals surface area (Å²) in [6.45, 7) is 3.34. The molecule has 2 aromatic rings. The van der Waals surface area contributed by atoms with Crippen molar-refractivity contribution in [3.63, 3.8) is 0 Å². The van der Waals surface area contributed by atoms with Gasteiger partial charge in [0.1, 0.15) is 0 Å². The molecule has 0 bridgehead atoms. The van der Waals surface area contributed by atoms with E-state index >= 15 is 0 Å². The Morgan fingerprint density at radius 3 is 3.05 bits per heavy atom. The number of benzene rings is 1. The van der Waals surface area contributed by atoms with Crippen molar-refractivity contribution >= 4 is 16.9 Å². The first-order chi connectivity index (χ1) is 10.2. The van der Waals surface area contributed by atoms with Crippen molar-refractivity contribution in [3.8, 4) is 0 Å². The van der Waals surface area contributed by atoms with E-state index in [0.717, 1.165) is 36.8 Å². The molecule has 1 aromatic heterocycles. The highest BCUT2D eigenvalue weighted by atomic mass is 16.5. The molecule has 2 N–H and O–H groups in total. The second-order valence-electron chi connectivity index (χ2n) is 5.75. The fraction of sp³-hybridized carbons (Fsp3) is 0.471. The number of hydrogen-bond donors (Lipinski definition) is 1. The number of carbonyl (C=O) groups is 1. The lowest BCUT2D eigenvalue weighted by molar-refractivity contribution is -0.142. The van der Waals surface area contributed by atoms with E-state index in [2.05, 4.69) is 16.7 Å². The van der Waals surface area contributed by atoms with E-state index in [4.69, 9.17) is 10.5 Å². The summed E-state index contributed by atoms with van der Waals surface area (Å²) in [5.74, 6) is -0.133. The van der Waals surface area contributed by atoms with Gasteiger partial charge in [-0.2, -0.15) is 0 Å². The molecule has 3 rings (SSSR count). The molecule has 112 valence electrons. The Hall–Kier alpha value is -1.81. The van der Waals surface area contributed by atoms with Crippen LogP contribution in [0.15, 0.2) is 24.3 Å². The molecule has 0 aliphatic carbocycles. The monoisotopic (exact) mass is 286 g/mol. The molecule has 0 fully saturated rings. The Morgan fingerprint density at radius 2 is 2.24 bits per heavy atom. The highest BCUT2D eigenvalue weighted by Crippen LogP contribution is 2.31. The summed E-state index contributed by atoms with van der Waals surface area (Å²) in [7, 11) is 0. The van der Waals surface area contributed by atoms with Crippen LogP contribution in [0.25, 0.3) is 10.9 Å². The third-order valence-corrected chi connectivity index (χ3v) is 4.15. The summed E-state index contributed by atoms with van der Waals surface area (Å²) in [5, 5.41) is 1.16. The summed E-state index contributed by atoms with van der Waals surface area (Å²) in [6, 6.07) is 8.46. The number of ether oxygens (including phenoxy) is 1. The number of para-hydroxylation sites is 1. The maximum absolute atomic E-state index is 12.0. The Balaban J connectivity index is 1.99. The van der Waals surface area contributed by atoms with Crippen LogP contribution in [0.1, 0.15) is 31.0 Å². The van der Waals surface area contributed by atoms with Crippen molar-refractivity contribution in [2.24, 2.45) is 5.73 Å². The first-order valence-electron chi connectivity index (χ1n) is 7.71. The summed E-state index contributed by atoms with van der Waals surface area (Å²) < 4.78 is 7.54. The predicted molar refractivity (Wildman–Crippen MR) is 83.2 cm³/mol. The fourth-order valence-electron chi connectivity index (χ4n) is 3.18. The minimum absolute atomic E-state index is 0.133. The molecule has 4 heteroatoms. The van der Waals surface area contributed by atoms with Gasteiger partial charge in [-0.1, -0.05) is 25.1 Å². The van der Waals surface area contributed by atoms with Gasteiger partial charge in [-0.25, -0.2) is 0 Å². The summed E-state index contributed by atoms with van der Waals surface area (Å²) in [6.07, 6.45) is 3.13. The SMILES string of the molecule is CCCOC(=O)Cc1c2n(c3ccccc13)C[C@@H](N)CC2. The number of nitrogens with two attached hydrogens (primary N) is 1. The molecular weight excluding hydrogens is 264 g/mol. The Morgan fingerprint density at radius 1 is 1.43 bits per heavy atom. The molecule has 0 saturated carbocycles.